The van der Waals surface area contributed by atoms with E-state index in [2.05, 4.69) is 10.6 Å². The second-order valence-corrected chi connectivity index (χ2v) is 3.99. The summed E-state index contributed by atoms with van der Waals surface area (Å²) in [4.78, 5) is 11.5. The number of carbonyl (C=O) groups excluding carboxylic acids is 1. The standard InChI is InChI=1S/C12H19N3O2/c1-8(2)14-12(16)15-10-5-4-9(7-13)6-11(10)17-3/h4-6,8H,7,13H2,1-3H3,(H2,14,15,16). The Labute approximate surface area is 101 Å². The maximum Gasteiger partial charge on any atom is 0.319 e. The maximum absolute atomic E-state index is 11.5. The van der Waals surface area contributed by atoms with Gasteiger partial charge in [0, 0.05) is 12.6 Å². The van der Waals surface area contributed by atoms with Crippen molar-refractivity contribution >= 4 is 11.7 Å². The zero-order chi connectivity index (χ0) is 12.8. The van der Waals surface area contributed by atoms with E-state index < -0.39 is 0 Å². The Hall–Kier alpha value is -1.75. The molecule has 0 fully saturated rings. The number of hydrogen-bond donors (Lipinski definition) is 3. The molecule has 17 heavy (non-hydrogen) atoms. The predicted molar refractivity (Wildman–Crippen MR) is 68.2 cm³/mol. The summed E-state index contributed by atoms with van der Waals surface area (Å²) in [5.41, 5.74) is 7.12. The zero-order valence-electron chi connectivity index (χ0n) is 10.4. The number of nitrogens with one attached hydrogen (secondary N) is 2. The second-order valence-electron chi connectivity index (χ2n) is 3.99. The summed E-state index contributed by atoms with van der Waals surface area (Å²) >= 11 is 0. The highest BCUT2D eigenvalue weighted by atomic mass is 16.5. The minimum atomic E-state index is -0.251. The van der Waals surface area contributed by atoms with Crippen molar-refractivity contribution < 1.29 is 9.53 Å². The van der Waals surface area contributed by atoms with E-state index in [-0.39, 0.29) is 12.1 Å². The molecule has 0 aliphatic heterocycles. The first kappa shape index (κ1) is 13.3. The number of nitrogens with two attached hydrogens (primary N) is 1. The molecular weight excluding hydrogens is 218 g/mol. The molecule has 0 saturated heterocycles. The van der Waals surface area contributed by atoms with Gasteiger partial charge in [0.1, 0.15) is 5.75 Å². The third kappa shape index (κ3) is 3.96. The molecule has 1 aromatic carbocycles. The fraction of sp³-hybridized carbons (Fsp3) is 0.417. The van der Waals surface area contributed by atoms with E-state index in [9.17, 15) is 4.79 Å². The van der Waals surface area contributed by atoms with Gasteiger partial charge in [0.15, 0.2) is 0 Å². The Morgan fingerprint density at radius 2 is 2.18 bits per heavy atom. The van der Waals surface area contributed by atoms with Crippen LogP contribution in [-0.2, 0) is 6.54 Å². The lowest BCUT2D eigenvalue weighted by Gasteiger charge is -2.13. The first-order valence-corrected chi connectivity index (χ1v) is 5.51. The van der Waals surface area contributed by atoms with Crippen LogP contribution >= 0.6 is 0 Å². The normalized spacial score (nSPS) is 10.2. The highest BCUT2D eigenvalue weighted by molar-refractivity contribution is 5.91. The molecule has 94 valence electrons. The van der Waals surface area contributed by atoms with Crippen LogP contribution in [0.1, 0.15) is 19.4 Å². The molecule has 0 aromatic heterocycles. The summed E-state index contributed by atoms with van der Waals surface area (Å²) in [5, 5.41) is 5.47. The van der Waals surface area contributed by atoms with Gasteiger partial charge in [-0.15, -0.1) is 0 Å². The van der Waals surface area contributed by atoms with Crippen LogP contribution in [0.15, 0.2) is 18.2 Å². The Morgan fingerprint density at radius 1 is 1.47 bits per heavy atom. The van der Waals surface area contributed by atoms with Crippen molar-refractivity contribution in [1.29, 1.82) is 0 Å². The molecule has 0 radical (unpaired) electrons. The van der Waals surface area contributed by atoms with Crippen LogP contribution < -0.4 is 21.1 Å². The van der Waals surface area contributed by atoms with Crippen molar-refractivity contribution in [3.63, 3.8) is 0 Å². The molecule has 0 aliphatic carbocycles. The minimum Gasteiger partial charge on any atom is -0.495 e. The number of anilines is 1. The third-order valence-corrected chi connectivity index (χ3v) is 2.17. The van der Waals surface area contributed by atoms with Gasteiger partial charge in [0.05, 0.1) is 12.8 Å². The highest BCUT2D eigenvalue weighted by Gasteiger charge is 2.08. The molecule has 0 atom stereocenters. The van der Waals surface area contributed by atoms with E-state index in [4.69, 9.17) is 10.5 Å². The van der Waals surface area contributed by atoms with Crippen molar-refractivity contribution in [2.75, 3.05) is 12.4 Å². The molecule has 5 heteroatoms. The van der Waals surface area contributed by atoms with E-state index in [1.807, 2.05) is 26.0 Å². The van der Waals surface area contributed by atoms with Gasteiger partial charge in [-0.2, -0.15) is 0 Å². The summed E-state index contributed by atoms with van der Waals surface area (Å²) in [5.74, 6) is 0.604. The number of amides is 2. The molecule has 0 saturated carbocycles. The lowest BCUT2D eigenvalue weighted by atomic mass is 10.2. The first-order chi connectivity index (χ1) is 8.06. The number of hydrogen-bond acceptors (Lipinski definition) is 3. The van der Waals surface area contributed by atoms with E-state index in [0.717, 1.165) is 5.56 Å². The third-order valence-electron chi connectivity index (χ3n) is 2.17. The van der Waals surface area contributed by atoms with Crippen molar-refractivity contribution in [3.8, 4) is 5.75 Å². The summed E-state index contributed by atoms with van der Waals surface area (Å²) in [6, 6.07) is 5.28. The van der Waals surface area contributed by atoms with E-state index in [1.54, 1.807) is 13.2 Å². The predicted octanol–water partition coefficient (Wildman–Crippen LogP) is 1.68. The van der Waals surface area contributed by atoms with Gasteiger partial charge in [-0.3, -0.25) is 0 Å². The Balaban J connectivity index is 2.80. The van der Waals surface area contributed by atoms with Gasteiger partial charge in [0.25, 0.3) is 0 Å². The highest BCUT2D eigenvalue weighted by Crippen LogP contribution is 2.25. The van der Waals surface area contributed by atoms with Gasteiger partial charge >= 0.3 is 6.03 Å². The molecule has 0 spiro atoms. The average Bonchev–Trinajstić information content (AvgIpc) is 2.28. The Kier molecular flexibility index (Phi) is 4.78. The van der Waals surface area contributed by atoms with Gasteiger partial charge in [0.2, 0.25) is 0 Å². The van der Waals surface area contributed by atoms with Crippen LogP contribution in [-0.4, -0.2) is 19.2 Å². The zero-order valence-corrected chi connectivity index (χ0v) is 10.4. The van der Waals surface area contributed by atoms with Crippen molar-refractivity contribution in [2.24, 2.45) is 5.73 Å². The van der Waals surface area contributed by atoms with Crippen LogP contribution in [0.5, 0.6) is 5.75 Å². The number of benzene rings is 1. The topological polar surface area (TPSA) is 76.4 Å². The molecular formula is C12H19N3O2. The summed E-state index contributed by atoms with van der Waals surface area (Å²) in [6.45, 7) is 4.23. The molecule has 0 aliphatic rings. The van der Waals surface area contributed by atoms with E-state index >= 15 is 0 Å². The largest absolute Gasteiger partial charge is 0.495 e. The van der Waals surface area contributed by atoms with Crippen LogP contribution in [0, 0.1) is 0 Å². The smallest absolute Gasteiger partial charge is 0.319 e. The van der Waals surface area contributed by atoms with E-state index in [0.29, 0.717) is 18.0 Å². The summed E-state index contributed by atoms with van der Waals surface area (Å²) in [6.07, 6.45) is 0. The molecule has 1 rings (SSSR count). The van der Waals surface area contributed by atoms with Crippen LogP contribution in [0.2, 0.25) is 0 Å². The average molecular weight is 237 g/mol. The number of carbonyl (C=O) groups is 1. The van der Waals surface area contributed by atoms with Crippen LogP contribution in [0.25, 0.3) is 0 Å². The van der Waals surface area contributed by atoms with Crippen LogP contribution in [0.4, 0.5) is 10.5 Å². The van der Waals surface area contributed by atoms with Crippen LogP contribution in [0.3, 0.4) is 0 Å². The first-order valence-electron chi connectivity index (χ1n) is 5.51. The monoisotopic (exact) mass is 237 g/mol. The second kappa shape index (κ2) is 6.10. The van der Waals surface area contributed by atoms with E-state index in [1.165, 1.54) is 0 Å². The molecule has 5 nitrogen and oxygen atoms in total. The lowest BCUT2D eigenvalue weighted by Crippen LogP contribution is -2.34. The molecule has 0 bridgehead atoms. The number of ether oxygens (including phenoxy) is 1. The summed E-state index contributed by atoms with van der Waals surface area (Å²) in [7, 11) is 1.56. The van der Waals surface area contributed by atoms with Crippen molar-refractivity contribution in [3.05, 3.63) is 23.8 Å². The fourth-order valence-corrected chi connectivity index (χ4v) is 1.39. The Morgan fingerprint density at radius 3 is 2.71 bits per heavy atom. The van der Waals surface area contributed by atoms with Gasteiger partial charge in [-0.1, -0.05) is 6.07 Å². The molecule has 2 amide bonds. The molecule has 4 N–H and O–H groups in total. The van der Waals surface area contributed by atoms with Gasteiger partial charge in [-0.05, 0) is 31.5 Å². The summed E-state index contributed by atoms with van der Waals surface area (Å²) < 4.78 is 5.20. The van der Waals surface area contributed by atoms with Crippen molar-refractivity contribution in [2.45, 2.75) is 26.4 Å². The quantitative estimate of drug-likeness (QED) is 0.745. The molecule has 0 heterocycles. The minimum absolute atomic E-state index is 0.0873. The number of rotatable bonds is 4. The van der Waals surface area contributed by atoms with Crippen molar-refractivity contribution in [1.82, 2.24) is 5.32 Å². The number of methoxy groups -OCH3 is 1. The molecule has 0 unspecified atom stereocenters. The van der Waals surface area contributed by atoms with Gasteiger partial charge in [-0.25, -0.2) is 4.79 Å². The SMILES string of the molecule is COc1cc(CN)ccc1NC(=O)NC(C)C. The maximum atomic E-state index is 11.5. The van der Waals surface area contributed by atoms with Gasteiger partial charge < -0.3 is 21.1 Å². The lowest BCUT2D eigenvalue weighted by molar-refractivity contribution is 0.250. The number of urea groups is 1. The fourth-order valence-electron chi connectivity index (χ4n) is 1.39. The Bertz CT molecular complexity index is 391. The molecule has 1 aromatic rings.